The number of amides is 1. The summed E-state index contributed by atoms with van der Waals surface area (Å²) >= 11 is 0. The minimum atomic E-state index is -0.0748. The number of nitrogens with zero attached hydrogens (tertiary/aromatic N) is 1. The van der Waals surface area contributed by atoms with Gasteiger partial charge in [0.05, 0.1) is 12.3 Å². The molecule has 2 fully saturated rings. The fraction of sp³-hybridized carbons (Fsp3) is 0.538. The zero-order valence-corrected chi connectivity index (χ0v) is 10.0. The van der Waals surface area contributed by atoms with E-state index >= 15 is 0 Å². The van der Waals surface area contributed by atoms with Gasteiger partial charge in [0.25, 0.3) is 5.91 Å². The van der Waals surface area contributed by atoms with E-state index in [9.17, 15) is 4.79 Å². The van der Waals surface area contributed by atoms with Crippen LogP contribution in [0.2, 0.25) is 0 Å². The van der Waals surface area contributed by atoms with Crippen molar-refractivity contribution in [3.05, 3.63) is 24.5 Å². The lowest BCUT2D eigenvalue weighted by atomic mass is 9.76. The molecule has 1 saturated carbocycles. The topological polar surface area (TPSA) is 60.5 Å². The zero-order chi connectivity index (χ0) is 12.4. The Balaban J connectivity index is 1.43. The third kappa shape index (κ3) is 2.31. The first-order chi connectivity index (χ1) is 8.83. The van der Waals surface area contributed by atoms with E-state index in [2.05, 4.69) is 10.3 Å². The van der Waals surface area contributed by atoms with Crippen LogP contribution in [0.3, 0.4) is 0 Å². The smallest absolute Gasteiger partial charge is 0.258 e. The molecule has 0 unspecified atom stereocenters. The zero-order valence-electron chi connectivity index (χ0n) is 10.0. The second-order valence-electron chi connectivity index (χ2n) is 4.75. The van der Waals surface area contributed by atoms with Crippen molar-refractivity contribution in [1.29, 1.82) is 0 Å². The molecular weight excluding hydrogens is 232 g/mol. The lowest BCUT2D eigenvalue weighted by molar-refractivity contribution is -0.126. The molecule has 1 aromatic heterocycles. The summed E-state index contributed by atoms with van der Waals surface area (Å²) in [4.78, 5) is 15.6. The molecule has 2 aliphatic rings. The third-order valence-electron chi connectivity index (χ3n) is 3.61. The van der Waals surface area contributed by atoms with Crippen LogP contribution in [0.25, 0.3) is 0 Å². The molecule has 1 aliphatic carbocycles. The molecular formula is C13H16N2O3. The molecule has 1 amide bonds. The van der Waals surface area contributed by atoms with Crippen molar-refractivity contribution < 1.29 is 14.3 Å². The largest absolute Gasteiger partial charge is 0.482 e. The fourth-order valence-corrected chi connectivity index (χ4v) is 2.59. The number of fused-ring (bicyclic) bond motifs is 1. The summed E-state index contributed by atoms with van der Waals surface area (Å²) < 4.78 is 10.8. The average Bonchev–Trinajstić information content (AvgIpc) is 2.76. The number of carbonyl (C=O) groups is 1. The molecule has 2 heterocycles. The van der Waals surface area contributed by atoms with Gasteiger partial charge < -0.3 is 14.8 Å². The summed E-state index contributed by atoms with van der Waals surface area (Å²) in [5.41, 5.74) is 0. The van der Waals surface area contributed by atoms with Crippen molar-refractivity contribution in [1.82, 2.24) is 10.3 Å². The van der Waals surface area contributed by atoms with Crippen LogP contribution in [0.4, 0.5) is 0 Å². The van der Waals surface area contributed by atoms with Crippen molar-refractivity contribution in [3.63, 3.8) is 0 Å². The van der Waals surface area contributed by atoms with Gasteiger partial charge >= 0.3 is 0 Å². The highest BCUT2D eigenvalue weighted by atomic mass is 16.5. The molecule has 96 valence electrons. The van der Waals surface area contributed by atoms with Gasteiger partial charge in [-0.25, -0.2) is 0 Å². The van der Waals surface area contributed by atoms with Gasteiger partial charge in [-0.3, -0.25) is 9.78 Å². The molecule has 18 heavy (non-hydrogen) atoms. The van der Waals surface area contributed by atoms with Crippen LogP contribution in [0, 0.1) is 5.92 Å². The Hall–Kier alpha value is -1.62. The van der Waals surface area contributed by atoms with E-state index in [1.807, 2.05) is 0 Å². The predicted molar refractivity (Wildman–Crippen MR) is 64.1 cm³/mol. The number of hydrogen-bond acceptors (Lipinski definition) is 4. The number of nitrogens with one attached hydrogen (secondary N) is 1. The highest BCUT2D eigenvalue weighted by Gasteiger charge is 2.45. The second-order valence-corrected chi connectivity index (χ2v) is 4.75. The molecule has 3 atom stereocenters. The first-order valence-electron chi connectivity index (χ1n) is 6.27. The average molecular weight is 248 g/mol. The number of carbonyl (C=O) groups excluding carboxylic acids is 1. The summed E-state index contributed by atoms with van der Waals surface area (Å²) in [5.74, 6) is 1.05. The molecule has 1 saturated heterocycles. The maximum absolute atomic E-state index is 11.7. The van der Waals surface area contributed by atoms with Gasteiger partial charge in [-0.05, 0) is 25.0 Å². The van der Waals surface area contributed by atoms with Crippen LogP contribution in [0.15, 0.2) is 24.5 Å². The first-order valence-corrected chi connectivity index (χ1v) is 6.27. The molecule has 5 heteroatoms. The van der Waals surface area contributed by atoms with Gasteiger partial charge in [0, 0.05) is 24.8 Å². The lowest BCUT2D eigenvalue weighted by Crippen LogP contribution is -2.54. The van der Waals surface area contributed by atoms with Gasteiger partial charge in [0.2, 0.25) is 0 Å². The SMILES string of the molecule is O=C(COc1cccnc1)N[C@@H]1C[C@H]2OCC[C@@H]12. The maximum Gasteiger partial charge on any atom is 0.258 e. The second kappa shape index (κ2) is 4.94. The number of aromatic nitrogens is 1. The first kappa shape index (κ1) is 11.5. The highest BCUT2D eigenvalue weighted by molar-refractivity contribution is 5.78. The molecule has 0 spiro atoms. The summed E-state index contributed by atoms with van der Waals surface area (Å²) in [6.45, 7) is 0.869. The summed E-state index contributed by atoms with van der Waals surface area (Å²) in [6.07, 6.45) is 5.62. The van der Waals surface area contributed by atoms with E-state index in [0.29, 0.717) is 17.8 Å². The van der Waals surface area contributed by atoms with Crippen LogP contribution in [0.5, 0.6) is 5.75 Å². The molecule has 1 aromatic rings. The predicted octanol–water partition coefficient (Wildman–Crippen LogP) is 0.754. The fourth-order valence-electron chi connectivity index (χ4n) is 2.59. The summed E-state index contributed by atoms with van der Waals surface area (Å²) in [5, 5.41) is 2.99. The molecule has 0 radical (unpaired) electrons. The number of ether oxygens (including phenoxy) is 2. The normalized spacial score (nSPS) is 29.2. The van der Waals surface area contributed by atoms with Gasteiger partial charge in [-0.2, -0.15) is 0 Å². The van der Waals surface area contributed by atoms with Crippen LogP contribution in [-0.4, -0.2) is 36.3 Å². The van der Waals surface area contributed by atoms with E-state index in [4.69, 9.17) is 9.47 Å². The van der Waals surface area contributed by atoms with Crippen LogP contribution < -0.4 is 10.1 Å². The van der Waals surface area contributed by atoms with Crippen LogP contribution in [0.1, 0.15) is 12.8 Å². The van der Waals surface area contributed by atoms with Gasteiger partial charge in [-0.15, -0.1) is 0 Å². The lowest BCUT2D eigenvalue weighted by Gasteiger charge is -2.39. The molecule has 0 aromatic carbocycles. The minimum absolute atomic E-state index is 0.0421. The summed E-state index contributed by atoms with van der Waals surface area (Å²) in [7, 11) is 0. The van der Waals surface area contributed by atoms with E-state index in [1.54, 1.807) is 24.5 Å². The van der Waals surface area contributed by atoms with Gasteiger partial charge in [0.1, 0.15) is 5.75 Å². The number of rotatable bonds is 4. The summed E-state index contributed by atoms with van der Waals surface area (Å²) in [6, 6.07) is 3.83. The monoisotopic (exact) mass is 248 g/mol. The Kier molecular flexibility index (Phi) is 3.15. The quantitative estimate of drug-likeness (QED) is 0.854. The number of pyridine rings is 1. The molecule has 3 rings (SSSR count). The van der Waals surface area contributed by atoms with E-state index in [1.165, 1.54) is 0 Å². The van der Waals surface area contributed by atoms with Crippen molar-refractivity contribution >= 4 is 5.91 Å². The molecule has 1 N–H and O–H groups in total. The standard InChI is InChI=1S/C13H16N2O3/c16-13(8-18-9-2-1-4-14-7-9)15-11-6-12-10(11)3-5-17-12/h1-2,4,7,10-12H,3,5-6,8H2,(H,15,16)/t10-,11+,12+/m0/s1. The molecule has 5 nitrogen and oxygen atoms in total. The Morgan fingerprint density at radius 3 is 3.33 bits per heavy atom. The third-order valence-corrected chi connectivity index (χ3v) is 3.61. The molecule has 1 aliphatic heterocycles. The Labute approximate surface area is 105 Å². The van der Waals surface area contributed by atoms with E-state index in [-0.39, 0.29) is 18.6 Å². The van der Waals surface area contributed by atoms with Gasteiger partial charge in [-0.1, -0.05) is 0 Å². The molecule has 0 bridgehead atoms. The van der Waals surface area contributed by atoms with Crippen molar-refractivity contribution in [2.75, 3.05) is 13.2 Å². The number of hydrogen-bond donors (Lipinski definition) is 1. The maximum atomic E-state index is 11.7. The van der Waals surface area contributed by atoms with Crippen molar-refractivity contribution in [2.45, 2.75) is 25.0 Å². The van der Waals surface area contributed by atoms with E-state index in [0.717, 1.165) is 19.4 Å². The van der Waals surface area contributed by atoms with Crippen LogP contribution >= 0.6 is 0 Å². The Bertz CT molecular complexity index is 424. The Morgan fingerprint density at radius 2 is 2.56 bits per heavy atom. The highest BCUT2D eigenvalue weighted by Crippen LogP contribution is 2.38. The van der Waals surface area contributed by atoms with Crippen molar-refractivity contribution in [3.8, 4) is 5.75 Å². The van der Waals surface area contributed by atoms with Crippen molar-refractivity contribution in [2.24, 2.45) is 5.92 Å². The van der Waals surface area contributed by atoms with Crippen LogP contribution in [-0.2, 0) is 9.53 Å². The Morgan fingerprint density at radius 1 is 1.61 bits per heavy atom. The minimum Gasteiger partial charge on any atom is -0.482 e. The van der Waals surface area contributed by atoms with E-state index < -0.39 is 0 Å². The van der Waals surface area contributed by atoms with Gasteiger partial charge in [0.15, 0.2) is 6.61 Å².